The molecule has 0 spiro atoms. The molecular formula is C6H7Cl2V. The topological polar surface area (TPSA) is 0 Å². The molecule has 0 saturated heterocycles. The zero-order chi connectivity index (χ0) is 5.28. The number of hydrogen-bond acceptors (Lipinski definition) is 0. The fourth-order valence-electron chi connectivity index (χ4n) is 0.605. The van der Waals surface area contributed by atoms with Gasteiger partial charge >= 0.3 is 52.8 Å². The molecule has 0 amide bonds. The Kier molecular flexibility index (Phi) is 7.44. The number of rotatable bonds is 0. The van der Waals surface area contributed by atoms with E-state index < -0.39 is 0 Å². The molecule has 0 aromatic heterocycles. The van der Waals surface area contributed by atoms with Gasteiger partial charge in [-0.3, -0.25) is 0 Å². The summed E-state index contributed by atoms with van der Waals surface area (Å²) < 4.78 is 1.45. The van der Waals surface area contributed by atoms with Gasteiger partial charge in [0.05, 0.1) is 0 Å². The summed E-state index contributed by atoms with van der Waals surface area (Å²) in [5, 5.41) is 0. The zero-order valence-corrected chi connectivity index (χ0v) is 7.97. The molecule has 0 radical (unpaired) electrons. The Morgan fingerprint density at radius 1 is 1.44 bits per heavy atom. The minimum Gasteiger partial charge on any atom is -1.00 e. The standard InChI is InChI=1S/C6H7.2ClH.V/c1-6-4-2-3-5-6;;;/h2,4H,3H2,1H3;2*1H;/q;;;+2/p-2. The van der Waals surface area contributed by atoms with Crippen LogP contribution in [0.4, 0.5) is 0 Å². The molecule has 3 heteroatoms. The molecule has 0 aliphatic heterocycles. The molecule has 1 aliphatic rings. The van der Waals surface area contributed by atoms with Crippen LogP contribution in [-0.2, 0) is 17.4 Å². The van der Waals surface area contributed by atoms with E-state index in [4.69, 9.17) is 0 Å². The van der Waals surface area contributed by atoms with Crippen LogP contribution in [0.15, 0.2) is 22.0 Å². The van der Waals surface area contributed by atoms with E-state index in [0.717, 1.165) is 6.42 Å². The van der Waals surface area contributed by atoms with Crippen LogP contribution in [0.5, 0.6) is 0 Å². The van der Waals surface area contributed by atoms with E-state index in [0.29, 0.717) is 0 Å². The first-order chi connectivity index (χ1) is 3.30. The average Bonchev–Trinajstić information content (AvgIpc) is 1.91. The smallest absolute Gasteiger partial charge is 1.00 e. The van der Waals surface area contributed by atoms with Crippen molar-refractivity contribution in [3.8, 4) is 0 Å². The summed E-state index contributed by atoms with van der Waals surface area (Å²) >= 11 is 2.59. The van der Waals surface area contributed by atoms with E-state index in [2.05, 4.69) is 36.5 Å². The van der Waals surface area contributed by atoms with Crippen LogP contribution in [0.3, 0.4) is 0 Å². The second kappa shape index (κ2) is 5.43. The van der Waals surface area contributed by atoms with Crippen LogP contribution in [0.1, 0.15) is 13.3 Å². The van der Waals surface area contributed by atoms with Crippen LogP contribution in [0.25, 0.3) is 0 Å². The Morgan fingerprint density at radius 3 is 2.11 bits per heavy atom. The molecule has 9 heavy (non-hydrogen) atoms. The van der Waals surface area contributed by atoms with E-state index in [-0.39, 0.29) is 24.8 Å². The fourth-order valence-corrected chi connectivity index (χ4v) is 0.886. The summed E-state index contributed by atoms with van der Waals surface area (Å²) in [5.74, 6) is 0. The fraction of sp³-hybridized carbons (Fsp3) is 0.333. The van der Waals surface area contributed by atoms with Crippen molar-refractivity contribution in [1.82, 2.24) is 0 Å². The van der Waals surface area contributed by atoms with Gasteiger partial charge in [0.15, 0.2) is 0 Å². The first kappa shape index (κ1) is 12.3. The molecule has 0 nitrogen and oxygen atoms in total. The van der Waals surface area contributed by atoms with Crippen molar-refractivity contribution in [3.05, 3.63) is 22.0 Å². The molecule has 50 valence electrons. The molecule has 1 rings (SSSR count). The first-order valence-corrected chi connectivity index (χ1v) is 3.06. The summed E-state index contributed by atoms with van der Waals surface area (Å²) in [6.45, 7) is 2.14. The van der Waals surface area contributed by atoms with Gasteiger partial charge in [0.2, 0.25) is 0 Å². The van der Waals surface area contributed by atoms with Crippen LogP contribution >= 0.6 is 0 Å². The van der Waals surface area contributed by atoms with Gasteiger partial charge in [-0.05, 0) is 0 Å². The summed E-state index contributed by atoms with van der Waals surface area (Å²) in [6, 6.07) is 0. The maximum atomic E-state index is 2.59. The molecule has 0 saturated carbocycles. The largest absolute Gasteiger partial charge is 1.00 e. The third-order valence-electron chi connectivity index (χ3n) is 1.13. The Morgan fingerprint density at radius 2 is 2.00 bits per heavy atom. The third kappa shape index (κ3) is 3.37. The Bertz CT molecular complexity index is 138. The molecule has 1 aliphatic carbocycles. The van der Waals surface area contributed by atoms with Gasteiger partial charge in [-0.15, -0.1) is 0 Å². The van der Waals surface area contributed by atoms with Crippen molar-refractivity contribution in [2.45, 2.75) is 13.3 Å². The van der Waals surface area contributed by atoms with E-state index >= 15 is 0 Å². The van der Waals surface area contributed by atoms with Gasteiger partial charge in [-0.1, -0.05) is 0 Å². The quantitative estimate of drug-likeness (QED) is 0.372. The minimum atomic E-state index is 0. The average molecular weight is 201 g/mol. The normalized spacial score (nSPS) is 14.7. The van der Waals surface area contributed by atoms with Gasteiger partial charge < -0.3 is 24.8 Å². The van der Waals surface area contributed by atoms with Crippen molar-refractivity contribution >= 4 is 0 Å². The predicted molar refractivity (Wildman–Crippen MR) is 26.5 cm³/mol. The summed E-state index contributed by atoms with van der Waals surface area (Å²) in [7, 11) is 0. The molecule has 0 bridgehead atoms. The van der Waals surface area contributed by atoms with Gasteiger partial charge in [0, 0.05) is 0 Å². The second-order valence-corrected chi connectivity index (χ2v) is 2.58. The Labute approximate surface area is 77.6 Å². The molecule has 0 aromatic carbocycles. The SMILES string of the molecule is CC1=[C]([V+2])CC=C1.[Cl-].[Cl-]. The maximum Gasteiger partial charge on any atom is -1.00 e. The third-order valence-corrected chi connectivity index (χ3v) is 1.97. The van der Waals surface area contributed by atoms with E-state index in [1.165, 1.54) is 9.86 Å². The van der Waals surface area contributed by atoms with Gasteiger partial charge in [0.1, 0.15) is 0 Å². The number of hydrogen-bond donors (Lipinski definition) is 0. The summed E-state index contributed by atoms with van der Waals surface area (Å²) in [4.78, 5) is 0. The Hall–Kier alpha value is 0.644. The Balaban J connectivity index is 0. The van der Waals surface area contributed by atoms with Crippen molar-refractivity contribution in [1.29, 1.82) is 0 Å². The molecular weight excluding hydrogens is 194 g/mol. The van der Waals surface area contributed by atoms with E-state index in [9.17, 15) is 0 Å². The second-order valence-electron chi connectivity index (χ2n) is 1.74. The van der Waals surface area contributed by atoms with Crippen molar-refractivity contribution in [2.24, 2.45) is 0 Å². The maximum absolute atomic E-state index is 2.59. The number of halogens is 2. The molecule has 0 unspecified atom stereocenters. The molecule has 0 fully saturated rings. The molecule has 0 aromatic rings. The van der Waals surface area contributed by atoms with Crippen LogP contribution < -0.4 is 24.8 Å². The minimum absolute atomic E-state index is 0. The monoisotopic (exact) mass is 200 g/mol. The van der Waals surface area contributed by atoms with Crippen LogP contribution in [0.2, 0.25) is 0 Å². The number of allylic oxidation sites excluding steroid dienone is 4. The van der Waals surface area contributed by atoms with Gasteiger partial charge in [-0.2, -0.15) is 0 Å². The van der Waals surface area contributed by atoms with E-state index in [1.807, 2.05) is 0 Å². The molecule has 0 atom stereocenters. The molecule has 0 N–H and O–H groups in total. The van der Waals surface area contributed by atoms with Gasteiger partial charge in [-0.25, -0.2) is 0 Å². The summed E-state index contributed by atoms with van der Waals surface area (Å²) in [6.07, 6.45) is 5.49. The van der Waals surface area contributed by atoms with Crippen molar-refractivity contribution in [2.75, 3.05) is 0 Å². The predicted octanol–water partition coefficient (Wildman–Crippen LogP) is -4.22. The zero-order valence-electron chi connectivity index (χ0n) is 5.06. The van der Waals surface area contributed by atoms with E-state index in [1.54, 1.807) is 0 Å². The van der Waals surface area contributed by atoms with Gasteiger partial charge in [0.25, 0.3) is 0 Å². The van der Waals surface area contributed by atoms with Crippen molar-refractivity contribution in [3.63, 3.8) is 0 Å². The first-order valence-electron chi connectivity index (χ1n) is 2.36. The summed E-state index contributed by atoms with van der Waals surface area (Å²) in [5.41, 5.74) is 1.42. The van der Waals surface area contributed by atoms with Crippen molar-refractivity contribution < 1.29 is 42.2 Å². The molecule has 0 heterocycles. The van der Waals surface area contributed by atoms with Crippen LogP contribution in [-0.4, -0.2) is 0 Å². The van der Waals surface area contributed by atoms with Crippen LogP contribution in [0, 0.1) is 0 Å².